The highest BCUT2D eigenvalue weighted by Crippen LogP contribution is 2.68. The molecule has 0 heterocycles. The first-order valence-electron chi connectivity index (χ1n) is 13.5. The van der Waals surface area contributed by atoms with Crippen molar-refractivity contribution in [1.29, 1.82) is 0 Å². The second-order valence-electron chi connectivity index (χ2n) is 13.6. The Morgan fingerprint density at radius 1 is 1.06 bits per heavy atom. The highest BCUT2D eigenvalue weighted by Gasteiger charge is 2.69. The molecule has 206 valence electrons. The SMILES string of the molecule is CC(C)(O)C(CO)C[C@@H](O)C(C)(O)[C@@H]1CC[C@@]2(O)C3=CC(=O)[C@@H]4C[C@@H](O)[C@@H](O)C[C@]4(C)C3CC[C@]12C. The first-order valence-corrected chi connectivity index (χ1v) is 13.5. The molecule has 0 aromatic rings. The summed E-state index contributed by atoms with van der Waals surface area (Å²) in [5.74, 6) is -1.77. The molecule has 8 nitrogen and oxygen atoms in total. The fourth-order valence-corrected chi connectivity index (χ4v) is 8.63. The molecule has 0 aromatic heterocycles. The van der Waals surface area contributed by atoms with Crippen molar-refractivity contribution >= 4 is 5.78 Å². The van der Waals surface area contributed by atoms with Crippen LogP contribution < -0.4 is 0 Å². The van der Waals surface area contributed by atoms with Crippen LogP contribution in [0.3, 0.4) is 0 Å². The van der Waals surface area contributed by atoms with Gasteiger partial charge < -0.3 is 35.7 Å². The number of aliphatic hydroxyl groups is 7. The van der Waals surface area contributed by atoms with Crippen LogP contribution in [0.5, 0.6) is 0 Å². The van der Waals surface area contributed by atoms with Gasteiger partial charge in [-0.05, 0) is 94.6 Å². The van der Waals surface area contributed by atoms with Crippen LogP contribution in [0.4, 0.5) is 0 Å². The predicted octanol–water partition coefficient (Wildman–Crippen LogP) is 1.07. The van der Waals surface area contributed by atoms with Crippen LogP contribution >= 0.6 is 0 Å². The van der Waals surface area contributed by atoms with Crippen molar-refractivity contribution in [2.75, 3.05) is 6.61 Å². The van der Waals surface area contributed by atoms with Gasteiger partial charge in [0.05, 0.1) is 35.1 Å². The third-order valence-corrected chi connectivity index (χ3v) is 11.2. The molecule has 4 aliphatic carbocycles. The normalized spacial score (nSPS) is 46.2. The summed E-state index contributed by atoms with van der Waals surface area (Å²) in [5.41, 5.74) is -4.89. The van der Waals surface area contributed by atoms with E-state index >= 15 is 0 Å². The Morgan fingerprint density at radius 2 is 1.69 bits per heavy atom. The van der Waals surface area contributed by atoms with Gasteiger partial charge in [0.1, 0.15) is 0 Å². The average molecular weight is 511 g/mol. The summed E-state index contributed by atoms with van der Waals surface area (Å²) in [6, 6.07) is 0. The molecule has 0 aromatic carbocycles. The van der Waals surface area contributed by atoms with E-state index in [1.165, 1.54) is 0 Å². The van der Waals surface area contributed by atoms with Gasteiger partial charge in [0, 0.05) is 23.9 Å². The van der Waals surface area contributed by atoms with E-state index in [1.54, 1.807) is 26.8 Å². The molecule has 3 fully saturated rings. The monoisotopic (exact) mass is 510 g/mol. The van der Waals surface area contributed by atoms with Gasteiger partial charge in [-0.2, -0.15) is 0 Å². The molecule has 11 atom stereocenters. The van der Waals surface area contributed by atoms with Gasteiger partial charge in [-0.3, -0.25) is 4.79 Å². The molecule has 4 rings (SSSR count). The van der Waals surface area contributed by atoms with Crippen molar-refractivity contribution in [3.8, 4) is 0 Å². The minimum atomic E-state index is -1.60. The van der Waals surface area contributed by atoms with Gasteiger partial charge in [0.25, 0.3) is 0 Å². The maximum absolute atomic E-state index is 13.3. The maximum Gasteiger partial charge on any atom is 0.159 e. The third-order valence-electron chi connectivity index (χ3n) is 11.2. The lowest BCUT2D eigenvalue weighted by molar-refractivity contribution is -0.180. The van der Waals surface area contributed by atoms with Gasteiger partial charge >= 0.3 is 0 Å². The fourth-order valence-electron chi connectivity index (χ4n) is 8.63. The summed E-state index contributed by atoms with van der Waals surface area (Å²) in [4.78, 5) is 13.3. The van der Waals surface area contributed by atoms with Crippen molar-refractivity contribution in [1.82, 2.24) is 0 Å². The Balaban J connectivity index is 1.66. The number of carbonyl (C=O) groups is 1. The summed E-state index contributed by atoms with van der Waals surface area (Å²) >= 11 is 0. The van der Waals surface area contributed by atoms with Gasteiger partial charge in [0.15, 0.2) is 5.78 Å². The Labute approximate surface area is 214 Å². The Hall–Kier alpha value is -0.870. The average Bonchev–Trinajstić information content (AvgIpc) is 3.05. The van der Waals surface area contributed by atoms with E-state index in [0.29, 0.717) is 37.7 Å². The van der Waals surface area contributed by atoms with Crippen LogP contribution in [0.1, 0.15) is 79.6 Å². The number of hydrogen-bond acceptors (Lipinski definition) is 8. The second kappa shape index (κ2) is 8.83. The molecule has 0 spiro atoms. The largest absolute Gasteiger partial charge is 0.396 e. The summed E-state index contributed by atoms with van der Waals surface area (Å²) < 4.78 is 0. The zero-order valence-corrected chi connectivity index (χ0v) is 22.3. The zero-order valence-electron chi connectivity index (χ0n) is 22.3. The smallest absolute Gasteiger partial charge is 0.159 e. The molecule has 3 saturated carbocycles. The number of ketones is 1. The molecule has 0 bridgehead atoms. The number of fused-ring (bicyclic) bond motifs is 5. The molecule has 4 aliphatic rings. The molecular weight excluding hydrogens is 464 g/mol. The fraction of sp³-hybridized carbons (Fsp3) is 0.893. The van der Waals surface area contributed by atoms with E-state index in [-0.39, 0.29) is 31.1 Å². The van der Waals surface area contributed by atoms with Crippen LogP contribution in [0, 0.1) is 34.5 Å². The van der Waals surface area contributed by atoms with E-state index in [2.05, 4.69) is 0 Å². The quantitative estimate of drug-likeness (QED) is 0.280. The van der Waals surface area contributed by atoms with Crippen molar-refractivity contribution < 1.29 is 40.5 Å². The molecule has 0 saturated heterocycles. The van der Waals surface area contributed by atoms with Gasteiger partial charge in [-0.25, -0.2) is 0 Å². The number of carbonyl (C=O) groups excluding carboxylic acids is 1. The van der Waals surface area contributed by atoms with Gasteiger partial charge in [0.2, 0.25) is 0 Å². The number of rotatable bonds is 6. The minimum absolute atomic E-state index is 0.00177. The van der Waals surface area contributed by atoms with E-state index in [4.69, 9.17) is 0 Å². The highest BCUT2D eigenvalue weighted by molar-refractivity contribution is 5.95. The van der Waals surface area contributed by atoms with Gasteiger partial charge in [-0.15, -0.1) is 0 Å². The van der Waals surface area contributed by atoms with Crippen molar-refractivity contribution in [3.05, 3.63) is 11.6 Å². The maximum atomic E-state index is 13.3. The van der Waals surface area contributed by atoms with E-state index in [0.717, 1.165) is 0 Å². The summed E-state index contributed by atoms with van der Waals surface area (Å²) in [5, 5.41) is 76.0. The molecule has 8 heteroatoms. The molecule has 0 radical (unpaired) electrons. The van der Waals surface area contributed by atoms with E-state index in [1.807, 2.05) is 13.8 Å². The van der Waals surface area contributed by atoms with Crippen LogP contribution in [0.2, 0.25) is 0 Å². The first kappa shape index (κ1) is 28.1. The van der Waals surface area contributed by atoms with Crippen molar-refractivity contribution in [2.45, 2.75) is 115 Å². The first-order chi connectivity index (χ1) is 16.4. The molecule has 0 amide bonds. The lowest BCUT2D eigenvalue weighted by Gasteiger charge is -2.60. The standard InChI is InChI=1S/C28H46O8/c1-24(2,34)15(14-29)10-23(33)27(5,35)22-7-9-28(36)17-11-19(30)18-12-20(31)21(32)13-25(18,3)16(17)6-8-26(22,28)4/h11,15-16,18,20-23,29,31-36H,6-10,12-14H2,1-5H3/t15?,16?,18-,20+,21-,22+,23+,25+,26+,27?,28+/m0/s1. The zero-order chi connectivity index (χ0) is 27.1. The Morgan fingerprint density at radius 3 is 2.28 bits per heavy atom. The number of hydrogen-bond donors (Lipinski definition) is 7. The van der Waals surface area contributed by atoms with Crippen molar-refractivity contribution in [3.63, 3.8) is 0 Å². The molecular formula is C28H46O8. The molecule has 7 N–H and O–H groups in total. The van der Waals surface area contributed by atoms with Crippen LogP contribution in [-0.2, 0) is 4.79 Å². The van der Waals surface area contributed by atoms with E-state index < -0.39 is 63.7 Å². The summed E-state index contributed by atoms with van der Waals surface area (Å²) in [6.07, 6.45) is 1.02. The number of aliphatic hydroxyl groups excluding tert-OH is 4. The topological polar surface area (TPSA) is 159 Å². The highest BCUT2D eigenvalue weighted by atomic mass is 16.3. The third kappa shape index (κ3) is 3.94. The van der Waals surface area contributed by atoms with Gasteiger partial charge in [-0.1, -0.05) is 13.8 Å². The van der Waals surface area contributed by atoms with E-state index in [9.17, 15) is 40.5 Å². The predicted molar refractivity (Wildman–Crippen MR) is 133 cm³/mol. The molecule has 0 aliphatic heterocycles. The van der Waals surface area contributed by atoms with Crippen LogP contribution in [0.15, 0.2) is 11.6 Å². The van der Waals surface area contributed by atoms with Crippen molar-refractivity contribution in [2.24, 2.45) is 34.5 Å². The minimum Gasteiger partial charge on any atom is -0.396 e. The molecule has 3 unspecified atom stereocenters. The van der Waals surface area contributed by atoms with Crippen LogP contribution in [-0.4, -0.2) is 83.3 Å². The lowest BCUT2D eigenvalue weighted by atomic mass is 9.45. The number of allylic oxidation sites excluding steroid dienone is 1. The summed E-state index contributed by atoms with van der Waals surface area (Å²) in [6.45, 7) is 8.29. The Bertz CT molecular complexity index is 908. The lowest BCUT2D eigenvalue weighted by Crippen LogP contribution is -2.63. The summed E-state index contributed by atoms with van der Waals surface area (Å²) in [7, 11) is 0. The second-order valence-corrected chi connectivity index (χ2v) is 13.6. The van der Waals surface area contributed by atoms with Crippen LogP contribution in [0.25, 0.3) is 0 Å². The molecule has 36 heavy (non-hydrogen) atoms. The Kier molecular flexibility index (Phi) is 6.90.